The van der Waals surface area contributed by atoms with E-state index in [4.69, 9.17) is 14.0 Å². The van der Waals surface area contributed by atoms with E-state index in [1.54, 1.807) is 12.1 Å². The number of para-hydroxylation sites is 1. The first-order chi connectivity index (χ1) is 14.0. The van der Waals surface area contributed by atoms with E-state index in [1.165, 1.54) is 0 Å². The molecule has 0 aliphatic carbocycles. The molecule has 2 fully saturated rings. The Hall–Kier alpha value is -3.03. The summed E-state index contributed by atoms with van der Waals surface area (Å²) >= 11 is 0. The Kier molecular flexibility index (Phi) is 4.22. The largest absolute Gasteiger partial charge is 0.486 e. The monoisotopic (exact) mass is 397 g/mol. The summed E-state index contributed by atoms with van der Waals surface area (Å²) in [5, 5.41) is 3.99. The van der Waals surface area contributed by atoms with E-state index in [-0.39, 0.29) is 23.9 Å². The van der Waals surface area contributed by atoms with Crippen molar-refractivity contribution in [1.82, 2.24) is 15.0 Å². The van der Waals surface area contributed by atoms with E-state index >= 15 is 0 Å². The molecular weight excluding hydrogens is 374 g/mol. The number of benzene rings is 1. The number of aryl methyl sites for hydroxylation is 2. The molecule has 3 aliphatic rings. The highest BCUT2D eigenvalue weighted by molar-refractivity contribution is 5.99. The van der Waals surface area contributed by atoms with Crippen LogP contribution in [-0.4, -0.2) is 58.6 Å². The Balaban J connectivity index is 1.39. The minimum absolute atomic E-state index is 0.0110. The lowest BCUT2D eigenvalue weighted by Gasteiger charge is -2.27. The van der Waals surface area contributed by atoms with E-state index in [2.05, 4.69) is 5.16 Å². The molecule has 8 nitrogen and oxygen atoms in total. The lowest BCUT2D eigenvalue weighted by molar-refractivity contribution is -0.129. The first-order valence-electron chi connectivity index (χ1n) is 9.95. The molecule has 2 atom stereocenters. The molecule has 0 N–H and O–H groups in total. The van der Waals surface area contributed by atoms with E-state index in [0.717, 1.165) is 23.4 Å². The Bertz CT molecular complexity index is 965. The second kappa shape index (κ2) is 6.79. The van der Waals surface area contributed by atoms with Crippen LogP contribution in [0.4, 0.5) is 0 Å². The van der Waals surface area contributed by atoms with Crippen molar-refractivity contribution < 1.29 is 23.6 Å². The van der Waals surface area contributed by atoms with E-state index in [0.29, 0.717) is 49.8 Å². The molecule has 1 aromatic carbocycles. The van der Waals surface area contributed by atoms with Gasteiger partial charge in [-0.25, -0.2) is 0 Å². The molecule has 0 spiro atoms. The third-order valence-corrected chi connectivity index (χ3v) is 6.18. The van der Waals surface area contributed by atoms with Crippen molar-refractivity contribution in [2.24, 2.45) is 0 Å². The number of nitrogens with zero attached hydrogens (tertiary/aromatic N) is 3. The molecule has 0 unspecified atom stereocenters. The van der Waals surface area contributed by atoms with Crippen LogP contribution in [0, 0.1) is 13.8 Å². The van der Waals surface area contributed by atoms with Crippen molar-refractivity contribution in [3.63, 3.8) is 0 Å². The molecule has 2 amide bonds. The number of carbonyl (C=O) groups excluding carboxylic acids is 2. The Morgan fingerprint density at radius 2 is 2.03 bits per heavy atom. The highest BCUT2D eigenvalue weighted by Gasteiger charge is 2.49. The second-order valence-corrected chi connectivity index (χ2v) is 7.78. The van der Waals surface area contributed by atoms with Gasteiger partial charge in [-0.3, -0.25) is 9.59 Å². The smallest absolute Gasteiger partial charge is 0.258 e. The van der Waals surface area contributed by atoms with Crippen molar-refractivity contribution in [1.29, 1.82) is 0 Å². The molecule has 3 aliphatic heterocycles. The third kappa shape index (κ3) is 2.85. The minimum Gasteiger partial charge on any atom is -0.486 e. The van der Waals surface area contributed by atoms with Gasteiger partial charge in [-0.1, -0.05) is 11.2 Å². The standard InChI is InChI=1S/C21H23N3O5/c1-12-15(13(2)29-22-12)11-24-16-6-7-23(17(16)10-19(24)25)21(26)14-4-3-5-18-20(14)28-9-8-27-18/h3-5,16-17H,6-11H2,1-2H3/t16-,17-/m0/s1. The fraction of sp³-hybridized carbons (Fsp3) is 0.476. The van der Waals surface area contributed by atoms with Gasteiger partial charge in [0, 0.05) is 18.5 Å². The maximum Gasteiger partial charge on any atom is 0.258 e. The minimum atomic E-state index is -0.129. The number of carbonyl (C=O) groups is 2. The maximum absolute atomic E-state index is 13.3. The van der Waals surface area contributed by atoms with Crippen LogP contribution in [-0.2, 0) is 11.3 Å². The van der Waals surface area contributed by atoms with Crippen LogP contribution >= 0.6 is 0 Å². The van der Waals surface area contributed by atoms with Gasteiger partial charge >= 0.3 is 0 Å². The molecule has 0 saturated carbocycles. The van der Waals surface area contributed by atoms with Crippen LogP contribution < -0.4 is 9.47 Å². The van der Waals surface area contributed by atoms with E-state index < -0.39 is 0 Å². The number of ether oxygens (including phenoxy) is 2. The maximum atomic E-state index is 13.3. The molecule has 5 rings (SSSR count). The summed E-state index contributed by atoms with van der Waals surface area (Å²) in [4.78, 5) is 29.8. The zero-order chi connectivity index (χ0) is 20.1. The topological polar surface area (TPSA) is 85.1 Å². The average molecular weight is 397 g/mol. The number of amides is 2. The highest BCUT2D eigenvalue weighted by atomic mass is 16.6. The number of rotatable bonds is 3. The SMILES string of the molecule is Cc1noc(C)c1CN1C(=O)C[C@H]2[C@@H]1CCN2C(=O)c1cccc2c1OCCO2. The summed E-state index contributed by atoms with van der Waals surface area (Å²) in [6.45, 7) is 5.73. The van der Waals surface area contributed by atoms with Gasteiger partial charge in [-0.2, -0.15) is 0 Å². The Morgan fingerprint density at radius 1 is 1.21 bits per heavy atom. The molecular formula is C21H23N3O5. The van der Waals surface area contributed by atoms with Crippen molar-refractivity contribution in [3.8, 4) is 11.5 Å². The van der Waals surface area contributed by atoms with Crippen LogP contribution in [0.3, 0.4) is 0 Å². The van der Waals surface area contributed by atoms with Crippen LogP contribution in [0.2, 0.25) is 0 Å². The van der Waals surface area contributed by atoms with Crippen molar-refractivity contribution in [2.45, 2.75) is 45.3 Å². The first kappa shape index (κ1) is 18.0. The molecule has 8 heteroatoms. The van der Waals surface area contributed by atoms with Gasteiger partial charge in [-0.05, 0) is 32.4 Å². The average Bonchev–Trinajstić information content (AvgIpc) is 3.37. The van der Waals surface area contributed by atoms with E-state index in [9.17, 15) is 9.59 Å². The fourth-order valence-corrected chi connectivity index (χ4v) is 4.68. The van der Waals surface area contributed by atoms with Crippen LogP contribution in [0.15, 0.2) is 22.7 Å². The molecule has 0 radical (unpaired) electrons. The summed E-state index contributed by atoms with van der Waals surface area (Å²) in [6, 6.07) is 5.26. The number of hydrogen-bond acceptors (Lipinski definition) is 6. The molecule has 29 heavy (non-hydrogen) atoms. The Labute approximate surface area is 168 Å². The second-order valence-electron chi connectivity index (χ2n) is 7.78. The van der Waals surface area contributed by atoms with Crippen LogP contribution in [0.25, 0.3) is 0 Å². The highest BCUT2D eigenvalue weighted by Crippen LogP contribution is 2.38. The summed E-state index contributed by atoms with van der Waals surface area (Å²) in [6.07, 6.45) is 1.10. The van der Waals surface area contributed by atoms with Crippen molar-refractivity contribution in [3.05, 3.63) is 40.8 Å². The van der Waals surface area contributed by atoms with Crippen molar-refractivity contribution in [2.75, 3.05) is 19.8 Å². The fourth-order valence-electron chi connectivity index (χ4n) is 4.68. The summed E-state index contributed by atoms with van der Waals surface area (Å²) < 4.78 is 16.6. The Morgan fingerprint density at radius 3 is 2.83 bits per heavy atom. The van der Waals surface area contributed by atoms with Crippen molar-refractivity contribution >= 4 is 11.8 Å². The van der Waals surface area contributed by atoms with Crippen LogP contribution in [0.1, 0.15) is 40.2 Å². The molecule has 0 bridgehead atoms. The van der Waals surface area contributed by atoms with Gasteiger partial charge in [0.05, 0.1) is 29.9 Å². The zero-order valence-corrected chi connectivity index (χ0v) is 16.5. The molecule has 152 valence electrons. The number of fused-ring (bicyclic) bond motifs is 2. The molecule has 2 aromatic rings. The molecule has 4 heterocycles. The van der Waals surface area contributed by atoms with Gasteiger partial charge in [0.25, 0.3) is 5.91 Å². The quantitative estimate of drug-likeness (QED) is 0.788. The van der Waals surface area contributed by atoms with E-state index in [1.807, 2.05) is 29.7 Å². The zero-order valence-electron chi connectivity index (χ0n) is 16.5. The summed E-state index contributed by atoms with van der Waals surface area (Å²) in [7, 11) is 0. The third-order valence-electron chi connectivity index (χ3n) is 6.18. The predicted octanol–water partition coefficient (Wildman–Crippen LogP) is 2.08. The van der Waals surface area contributed by atoms with Crippen LogP contribution in [0.5, 0.6) is 11.5 Å². The van der Waals surface area contributed by atoms with Gasteiger partial charge in [0.1, 0.15) is 19.0 Å². The summed E-state index contributed by atoms with van der Waals surface area (Å²) in [5.74, 6) is 1.79. The van der Waals surface area contributed by atoms with Gasteiger partial charge in [-0.15, -0.1) is 0 Å². The number of likely N-dealkylation sites (tertiary alicyclic amines) is 2. The van der Waals surface area contributed by atoms with Gasteiger partial charge in [0.2, 0.25) is 5.91 Å². The first-order valence-corrected chi connectivity index (χ1v) is 9.95. The number of aromatic nitrogens is 1. The predicted molar refractivity (Wildman–Crippen MR) is 102 cm³/mol. The molecule has 2 saturated heterocycles. The van der Waals surface area contributed by atoms with Gasteiger partial charge in [0.15, 0.2) is 11.5 Å². The lowest BCUT2D eigenvalue weighted by atomic mass is 10.1. The van der Waals surface area contributed by atoms with Gasteiger partial charge < -0.3 is 23.8 Å². The summed E-state index contributed by atoms with van der Waals surface area (Å²) in [5.41, 5.74) is 2.25. The normalized spacial score (nSPS) is 22.9. The number of hydrogen-bond donors (Lipinski definition) is 0. The molecule has 1 aromatic heterocycles. The lowest BCUT2D eigenvalue weighted by Crippen LogP contribution is -2.40.